The zero-order chi connectivity index (χ0) is 33.0. The molecule has 0 spiro atoms. The normalized spacial score (nSPS) is 11.7. The van der Waals surface area contributed by atoms with Gasteiger partial charge in [-0.2, -0.15) is 0 Å². The van der Waals surface area contributed by atoms with Crippen LogP contribution in [-0.4, -0.2) is 4.98 Å². The molecule has 0 bridgehead atoms. The van der Waals surface area contributed by atoms with Crippen LogP contribution in [0.2, 0.25) is 0 Å². The molecule has 0 atom stereocenters. The summed E-state index contributed by atoms with van der Waals surface area (Å²) in [7, 11) is 0. The van der Waals surface area contributed by atoms with Crippen molar-refractivity contribution < 1.29 is 13.5 Å². The number of furan rings is 2. The third-order valence-electron chi connectivity index (χ3n) is 9.55. The molecule has 5 heteroatoms. The lowest BCUT2D eigenvalue weighted by atomic mass is 10.0. The molecule has 0 saturated carbocycles. The van der Waals surface area contributed by atoms with Crippen LogP contribution >= 0.6 is 0 Å². The number of para-hydroxylation sites is 2. The Hall–Kier alpha value is -6.72. The van der Waals surface area contributed by atoms with Crippen LogP contribution in [0.25, 0.3) is 88.9 Å². The van der Waals surface area contributed by atoms with Crippen molar-refractivity contribution >= 4 is 43.9 Å². The quantitative estimate of drug-likeness (QED) is 0.169. The van der Waals surface area contributed by atoms with E-state index in [0.717, 1.165) is 88.6 Å². The van der Waals surface area contributed by atoms with Crippen LogP contribution in [0.1, 0.15) is 5.56 Å². The van der Waals surface area contributed by atoms with Crippen molar-refractivity contribution in [1.29, 1.82) is 0 Å². The SMILES string of the molecule is c1ccc(C[n+]2[n-]c(-c3ccc(-c4cccc5c4oc4ccccc45)cc3)nc2-c2cccc3oc4ccc(-c5ccccc5)cc4c23)cc1. The summed E-state index contributed by atoms with van der Waals surface area (Å²) >= 11 is 0. The molecule has 7 aromatic carbocycles. The maximum Gasteiger partial charge on any atom is 0.143 e. The molecule has 0 N–H and O–H groups in total. The summed E-state index contributed by atoms with van der Waals surface area (Å²) in [5.74, 6) is 1.46. The molecule has 236 valence electrons. The second kappa shape index (κ2) is 11.5. The van der Waals surface area contributed by atoms with Crippen molar-refractivity contribution in [3.05, 3.63) is 169 Å². The number of hydrogen-bond acceptors (Lipinski definition) is 3. The van der Waals surface area contributed by atoms with Gasteiger partial charge in [0.2, 0.25) is 0 Å². The van der Waals surface area contributed by atoms with Gasteiger partial charge < -0.3 is 13.8 Å². The van der Waals surface area contributed by atoms with E-state index in [9.17, 15) is 0 Å². The lowest BCUT2D eigenvalue weighted by Gasteiger charge is -2.09. The van der Waals surface area contributed by atoms with Crippen LogP contribution in [0.3, 0.4) is 0 Å². The minimum Gasteiger partial charge on any atom is -0.456 e. The number of aromatic nitrogens is 3. The molecular formula is C45H29N3O2. The highest BCUT2D eigenvalue weighted by molar-refractivity contribution is 6.12. The lowest BCUT2D eigenvalue weighted by Crippen LogP contribution is -2.40. The molecule has 0 aliphatic rings. The van der Waals surface area contributed by atoms with Gasteiger partial charge in [0.1, 0.15) is 34.7 Å². The molecule has 0 radical (unpaired) electrons. The minimum atomic E-state index is 0.580. The summed E-state index contributed by atoms with van der Waals surface area (Å²) in [6, 6.07) is 56.4. The van der Waals surface area contributed by atoms with Crippen molar-refractivity contribution in [3.63, 3.8) is 0 Å². The highest BCUT2D eigenvalue weighted by Crippen LogP contribution is 2.39. The van der Waals surface area contributed by atoms with Crippen LogP contribution in [-0.2, 0) is 6.54 Å². The van der Waals surface area contributed by atoms with E-state index in [2.05, 4.69) is 127 Å². The molecule has 10 rings (SSSR count). The molecule has 50 heavy (non-hydrogen) atoms. The molecule has 3 aromatic heterocycles. The molecule has 0 aliphatic carbocycles. The lowest BCUT2D eigenvalue weighted by molar-refractivity contribution is -0.737. The molecule has 5 nitrogen and oxygen atoms in total. The highest BCUT2D eigenvalue weighted by atomic mass is 16.3. The molecule has 0 fully saturated rings. The van der Waals surface area contributed by atoms with E-state index in [-0.39, 0.29) is 0 Å². The van der Waals surface area contributed by atoms with E-state index in [1.807, 2.05) is 41.1 Å². The van der Waals surface area contributed by atoms with Gasteiger partial charge in [-0.15, -0.1) is 0 Å². The number of benzene rings is 7. The number of fused-ring (bicyclic) bond motifs is 6. The van der Waals surface area contributed by atoms with Crippen LogP contribution in [0.15, 0.2) is 173 Å². The summed E-state index contributed by atoms with van der Waals surface area (Å²) in [6.45, 7) is 0.580. The Morgan fingerprint density at radius 3 is 2.00 bits per heavy atom. The molecule has 0 unspecified atom stereocenters. The maximum absolute atomic E-state index is 6.39. The van der Waals surface area contributed by atoms with E-state index in [1.165, 1.54) is 0 Å². The molecule has 0 amide bonds. The van der Waals surface area contributed by atoms with Gasteiger partial charge in [-0.1, -0.05) is 140 Å². The predicted molar refractivity (Wildman–Crippen MR) is 200 cm³/mol. The van der Waals surface area contributed by atoms with Gasteiger partial charge in [0.25, 0.3) is 0 Å². The Balaban J connectivity index is 1.10. The summed E-state index contributed by atoms with van der Waals surface area (Å²) < 4.78 is 14.7. The van der Waals surface area contributed by atoms with E-state index >= 15 is 0 Å². The first-order chi connectivity index (χ1) is 24.8. The van der Waals surface area contributed by atoms with Gasteiger partial charge in [-0.3, -0.25) is 9.78 Å². The first-order valence-electron chi connectivity index (χ1n) is 16.8. The Morgan fingerprint density at radius 2 is 1.14 bits per heavy atom. The fraction of sp³-hybridized carbons (Fsp3) is 0.0222. The van der Waals surface area contributed by atoms with Crippen molar-refractivity contribution in [1.82, 2.24) is 10.1 Å². The van der Waals surface area contributed by atoms with E-state index < -0.39 is 0 Å². The number of hydrogen-bond donors (Lipinski definition) is 0. The Morgan fingerprint density at radius 1 is 0.480 bits per heavy atom. The summed E-state index contributed by atoms with van der Waals surface area (Å²) in [5.41, 5.74) is 11.0. The van der Waals surface area contributed by atoms with Crippen LogP contribution in [0.4, 0.5) is 0 Å². The predicted octanol–water partition coefficient (Wildman–Crippen LogP) is 10.8. The monoisotopic (exact) mass is 643 g/mol. The largest absolute Gasteiger partial charge is 0.456 e. The van der Waals surface area contributed by atoms with Crippen molar-refractivity contribution in [2.24, 2.45) is 0 Å². The van der Waals surface area contributed by atoms with Crippen molar-refractivity contribution in [3.8, 4) is 45.0 Å². The maximum atomic E-state index is 6.39. The van der Waals surface area contributed by atoms with Gasteiger partial charge in [-0.05, 0) is 57.9 Å². The summed E-state index contributed by atoms with van der Waals surface area (Å²) in [5, 5.41) is 9.45. The van der Waals surface area contributed by atoms with Gasteiger partial charge in [0.05, 0.1) is 0 Å². The van der Waals surface area contributed by atoms with Gasteiger partial charge >= 0.3 is 0 Å². The van der Waals surface area contributed by atoms with E-state index in [0.29, 0.717) is 12.4 Å². The fourth-order valence-corrected chi connectivity index (χ4v) is 7.13. The topological polar surface area (TPSA) is 57.2 Å². The minimum absolute atomic E-state index is 0.580. The van der Waals surface area contributed by atoms with Crippen LogP contribution < -0.4 is 9.78 Å². The Bertz CT molecular complexity index is 2830. The van der Waals surface area contributed by atoms with Crippen molar-refractivity contribution in [2.45, 2.75) is 6.54 Å². The second-order valence-corrected chi connectivity index (χ2v) is 12.6. The van der Waals surface area contributed by atoms with Gasteiger partial charge in [0, 0.05) is 32.7 Å². The zero-order valence-electron chi connectivity index (χ0n) is 27.0. The average Bonchev–Trinajstić information content (AvgIpc) is 3.89. The standard InChI is InChI=1S/C45H29N3O2/c1-3-11-29(12-4-1)28-48-45(37-18-10-20-41-42(37)38-27-33(25-26-40(38)49-41)30-13-5-2-6-14-30)46-44(47-48)32-23-21-31(22-24-32)34-16-9-17-36-35-15-7-8-19-39(35)50-43(34)36/h1-27H,28H2. The van der Waals surface area contributed by atoms with Gasteiger partial charge in [-0.25, -0.2) is 0 Å². The van der Waals surface area contributed by atoms with Crippen LogP contribution in [0.5, 0.6) is 0 Å². The molecule has 0 saturated heterocycles. The third kappa shape index (κ3) is 4.71. The molecule has 3 heterocycles. The first kappa shape index (κ1) is 28.3. The average molecular weight is 644 g/mol. The number of rotatable bonds is 6. The molecule has 0 aliphatic heterocycles. The third-order valence-corrected chi connectivity index (χ3v) is 9.55. The Kier molecular flexibility index (Phi) is 6.49. The summed E-state index contributed by atoms with van der Waals surface area (Å²) in [4.78, 5) is 5.24. The first-order valence-corrected chi connectivity index (χ1v) is 16.8. The second-order valence-electron chi connectivity index (χ2n) is 12.6. The summed E-state index contributed by atoms with van der Waals surface area (Å²) in [6.07, 6.45) is 0. The highest BCUT2D eigenvalue weighted by Gasteiger charge is 2.18. The van der Waals surface area contributed by atoms with Gasteiger partial charge in [0.15, 0.2) is 0 Å². The van der Waals surface area contributed by atoms with E-state index in [1.54, 1.807) is 0 Å². The zero-order valence-corrected chi connectivity index (χ0v) is 27.0. The molecule has 10 aromatic rings. The smallest absolute Gasteiger partial charge is 0.143 e. The molecular weight excluding hydrogens is 615 g/mol. The number of nitrogens with zero attached hydrogens (tertiary/aromatic N) is 3. The van der Waals surface area contributed by atoms with Crippen molar-refractivity contribution in [2.75, 3.05) is 0 Å². The van der Waals surface area contributed by atoms with E-state index in [4.69, 9.17) is 18.9 Å². The van der Waals surface area contributed by atoms with Crippen LogP contribution in [0, 0.1) is 0 Å². The Labute approximate surface area is 287 Å². The fourth-order valence-electron chi connectivity index (χ4n) is 7.13.